The number of rotatable bonds is 4. The summed E-state index contributed by atoms with van der Waals surface area (Å²) in [6, 6.07) is 16.1. The van der Waals surface area contributed by atoms with E-state index in [1.54, 1.807) is 44.4 Å². The molecule has 0 N–H and O–H groups in total. The molecule has 0 saturated carbocycles. The molecule has 0 bridgehead atoms. The lowest BCUT2D eigenvalue weighted by molar-refractivity contribution is -0.138. The predicted molar refractivity (Wildman–Crippen MR) is 92.5 cm³/mol. The molecule has 1 amide bonds. The van der Waals surface area contributed by atoms with Crippen LogP contribution in [-0.4, -0.2) is 30.9 Å². The highest BCUT2D eigenvalue weighted by Gasteiger charge is 2.26. The minimum absolute atomic E-state index is 0.273. The summed E-state index contributed by atoms with van der Waals surface area (Å²) in [5.41, 5.74) is 1.08. The Balaban J connectivity index is 2.27. The quantitative estimate of drug-likeness (QED) is 0.575. The largest absolute Gasteiger partial charge is 0.444 e. The van der Waals surface area contributed by atoms with E-state index in [0.29, 0.717) is 11.1 Å². The molecular weight excluding hydrogens is 393 g/mol. The average Bonchev–Trinajstić information content (AvgIpc) is 2.52. The minimum atomic E-state index is -0.943. The topological polar surface area (TPSA) is 46.6 Å². The number of ether oxygens (including phenoxy) is 1. The Kier molecular flexibility index (Phi) is 5.54. The van der Waals surface area contributed by atoms with Crippen molar-refractivity contribution in [2.24, 2.45) is 0 Å². The number of carbonyl (C=O) groups excluding carboxylic acids is 2. The minimum Gasteiger partial charge on any atom is -0.444 e. The normalized spacial score (nSPS) is 11.6. The van der Waals surface area contributed by atoms with E-state index >= 15 is 0 Å². The summed E-state index contributed by atoms with van der Waals surface area (Å²) in [5, 5.41) is 0. The summed E-state index contributed by atoms with van der Waals surface area (Å²) in [7, 11) is 3.27. The van der Waals surface area contributed by atoms with Crippen LogP contribution in [0, 0.1) is 3.57 Å². The molecule has 5 heteroatoms. The first-order valence-electron chi connectivity index (χ1n) is 6.71. The van der Waals surface area contributed by atoms with Crippen LogP contribution in [0.15, 0.2) is 54.6 Å². The van der Waals surface area contributed by atoms with Gasteiger partial charge < -0.3 is 9.64 Å². The SMILES string of the molecule is CN(C)C(=O)[C@H](OC(=O)c1cccc(I)c1)c1ccccc1. The van der Waals surface area contributed by atoms with Crippen LogP contribution in [0.5, 0.6) is 0 Å². The third kappa shape index (κ3) is 4.07. The van der Waals surface area contributed by atoms with Crippen LogP contribution < -0.4 is 0 Å². The molecule has 2 aromatic rings. The van der Waals surface area contributed by atoms with Gasteiger partial charge in [-0.25, -0.2) is 4.79 Å². The number of halogens is 1. The van der Waals surface area contributed by atoms with E-state index in [1.807, 2.05) is 24.3 Å². The van der Waals surface area contributed by atoms with E-state index in [0.717, 1.165) is 3.57 Å². The van der Waals surface area contributed by atoms with Gasteiger partial charge in [-0.3, -0.25) is 4.79 Å². The van der Waals surface area contributed by atoms with Crippen LogP contribution >= 0.6 is 22.6 Å². The van der Waals surface area contributed by atoms with Crippen molar-refractivity contribution in [3.05, 3.63) is 69.3 Å². The van der Waals surface area contributed by atoms with Gasteiger partial charge in [0, 0.05) is 23.2 Å². The van der Waals surface area contributed by atoms with Gasteiger partial charge >= 0.3 is 5.97 Å². The Hall–Kier alpha value is -1.89. The number of hydrogen-bond acceptors (Lipinski definition) is 3. The number of hydrogen-bond donors (Lipinski definition) is 0. The molecule has 0 fully saturated rings. The molecule has 114 valence electrons. The zero-order chi connectivity index (χ0) is 16.1. The van der Waals surface area contributed by atoms with Crippen LogP contribution in [0.4, 0.5) is 0 Å². The molecule has 0 heterocycles. The molecule has 2 aromatic carbocycles. The van der Waals surface area contributed by atoms with E-state index in [2.05, 4.69) is 22.6 Å². The smallest absolute Gasteiger partial charge is 0.339 e. The van der Waals surface area contributed by atoms with Gasteiger partial charge in [-0.1, -0.05) is 36.4 Å². The Labute approximate surface area is 143 Å². The Morgan fingerprint density at radius 3 is 2.32 bits per heavy atom. The molecule has 4 nitrogen and oxygen atoms in total. The van der Waals surface area contributed by atoms with Crippen LogP contribution in [0.3, 0.4) is 0 Å². The van der Waals surface area contributed by atoms with E-state index in [4.69, 9.17) is 4.74 Å². The van der Waals surface area contributed by atoms with Gasteiger partial charge in [0.15, 0.2) is 0 Å². The van der Waals surface area contributed by atoms with E-state index in [1.165, 1.54) is 4.90 Å². The maximum Gasteiger partial charge on any atom is 0.339 e. The van der Waals surface area contributed by atoms with Crippen molar-refractivity contribution in [2.75, 3.05) is 14.1 Å². The molecule has 0 radical (unpaired) electrons. The zero-order valence-electron chi connectivity index (χ0n) is 12.3. The predicted octanol–water partition coefficient (Wildman–Crippen LogP) is 3.28. The molecule has 2 rings (SSSR count). The molecule has 0 aliphatic carbocycles. The molecule has 1 atom stereocenters. The number of likely N-dealkylation sites (N-methyl/N-ethyl adjacent to an activating group) is 1. The van der Waals surface area contributed by atoms with Gasteiger partial charge in [0.2, 0.25) is 6.10 Å². The molecule has 0 spiro atoms. The lowest BCUT2D eigenvalue weighted by Crippen LogP contribution is -2.31. The fourth-order valence-corrected chi connectivity index (χ4v) is 2.46. The highest BCUT2D eigenvalue weighted by atomic mass is 127. The van der Waals surface area contributed by atoms with Crippen molar-refractivity contribution in [1.82, 2.24) is 4.90 Å². The van der Waals surface area contributed by atoms with E-state index < -0.39 is 12.1 Å². The highest BCUT2D eigenvalue weighted by Crippen LogP contribution is 2.21. The molecule has 22 heavy (non-hydrogen) atoms. The summed E-state index contributed by atoms with van der Waals surface area (Å²) < 4.78 is 6.40. The molecule has 0 unspecified atom stereocenters. The standard InChI is InChI=1S/C17H16INO3/c1-19(2)16(20)15(12-7-4-3-5-8-12)22-17(21)13-9-6-10-14(18)11-13/h3-11,15H,1-2H3/t15-/m1/s1. The number of benzene rings is 2. The lowest BCUT2D eigenvalue weighted by atomic mass is 10.1. The van der Waals surface area contributed by atoms with Gasteiger partial charge in [0.25, 0.3) is 5.91 Å². The van der Waals surface area contributed by atoms with Gasteiger partial charge in [-0.05, 0) is 40.8 Å². The second kappa shape index (κ2) is 7.40. The first kappa shape index (κ1) is 16.5. The second-order valence-electron chi connectivity index (χ2n) is 4.94. The van der Waals surface area contributed by atoms with Gasteiger partial charge in [0.1, 0.15) is 0 Å². The first-order chi connectivity index (χ1) is 10.5. The molecule has 0 aliphatic rings. The van der Waals surface area contributed by atoms with E-state index in [-0.39, 0.29) is 5.91 Å². The third-order valence-corrected chi connectivity index (χ3v) is 3.72. The van der Waals surface area contributed by atoms with Gasteiger partial charge in [0.05, 0.1) is 5.56 Å². The van der Waals surface area contributed by atoms with Crippen molar-refractivity contribution in [2.45, 2.75) is 6.10 Å². The Morgan fingerprint density at radius 1 is 1.05 bits per heavy atom. The van der Waals surface area contributed by atoms with Gasteiger partial charge in [-0.2, -0.15) is 0 Å². The number of amides is 1. The lowest BCUT2D eigenvalue weighted by Gasteiger charge is -2.21. The zero-order valence-corrected chi connectivity index (χ0v) is 14.5. The fraction of sp³-hybridized carbons (Fsp3) is 0.176. The monoisotopic (exact) mass is 409 g/mol. The number of carbonyl (C=O) groups is 2. The van der Waals surface area contributed by atoms with Crippen molar-refractivity contribution >= 4 is 34.5 Å². The summed E-state index contributed by atoms with van der Waals surface area (Å²) in [5.74, 6) is -0.784. The third-order valence-electron chi connectivity index (χ3n) is 3.05. The summed E-state index contributed by atoms with van der Waals surface area (Å²) in [6.45, 7) is 0. The first-order valence-corrected chi connectivity index (χ1v) is 7.79. The molecule has 0 aromatic heterocycles. The number of esters is 1. The Bertz CT molecular complexity index is 671. The maximum atomic E-state index is 12.3. The van der Waals surface area contributed by atoms with Crippen molar-refractivity contribution in [3.63, 3.8) is 0 Å². The average molecular weight is 409 g/mol. The number of nitrogens with zero attached hydrogens (tertiary/aromatic N) is 1. The van der Waals surface area contributed by atoms with E-state index in [9.17, 15) is 9.59 Å². The van der Waals surface area contributed by atoms with Crippen LogP contribution in [0.2, 0.25) is 0 Å². The molecular formula is C17H16INO3. The van der Waals surface area contributed by atoms with Crippen LogP contribution in [0.1, 0.15) is 22.0 Å². The van der Waals surface area contributed by atoms with Crippen LogP contribution in [0.25, 0.3) is 0 Å². The van der Waals surface area contributed by atoms with Gasteiger partial charge in [-0.15, -0.1) is 0 Å². The van der Waals surface area contributed by atoms with Crippen molar-refractivity contribution in [3.8, 4) is 0 Å². The summed E-state index contributed by atoms with van der Waals surface area (Å²) >= 11 is 2.13. The fourth-order valence-electron chi connectivity index (χ4n) is 1.91. The summed E-state index contributed by atoms with van der Waals surface area (Å²) in [4.78, 5) is 26.1. The summed E-state index contributed by atoms with van der Waals surface area (Å²) in [6.07, 6.45) is -0.943. The maximum absolute atomic E-state index is 12.3. The second-order valence-corrected chi connectivity index (χ2v) is 6.18. The molecule has 0 aliphatic heterocycles. The highest BCUT2D eigenvalue weighted by molar-refractivity contribution is 14.1. The Morgan fingerprint density at radius 2 is 1.73 bits per heavy atom. The molecule has 0 saturated heterocycles. The van der Waals surface area contributed by atoms with Crippen molar-refractivity contribution < 1.29 is 14.3 Å². The van der Waals surface area contributed by atoms with Crippen molar-refractivity contribution in [1.29, 1.82) is 0 Å². The van der Waals surface area contributed by atoms with Crippen LogP contribution in [-0.2, 0) is 9.53 Å².